The molecule has 82 valence electrons. The Hall–Kier alpha value is -0.960. The van der Waals surface area contributed by atoms with Crippen LogP contribution >= 0.6 is 12.6 Å². The highest BCUT2D eigenvalue weighted by atomic mass is 32.1. The number of aryl methyl sites for hydroxylation is 1. The first-order valence-corrected chi connectivity index (χ1v) is 5.58. The van der Waals surface area contributed by atoms with E-state index in [1.54, 1.807) is 0 Å². The van der Waals surface area contributed by atoms with Gasteiger partial charge in [0.15, 0.2) is 0 Å². The van der Waals surface area contributed by atoms with Crippen molar-refractivity contribution in [1.29, 1.82) is 0 Å². The number of hydrogen-bond acceptors (Lipinski definition) is 2. The third-order valence-corrected chi connectivity index (χ3v) is 3.05. The van der Waals surface area contributed by atoms with E-state index in [0.29, 0.717) is 0 Å². The summed E-state index contributed by atoms with van der Waals surface area (Å²) in [6, 6.07) is 7.74. The smallest absolute Gasteiger partial charge is 0.237 e. The molecule has 0 radical (unpaired) electrons. The molecular formula is C12H17NOS. The fourth-order valence-corrected chi connectivity index (χ4v) is 1.22. The fraction of sp³-hybridized carbons (Fsp3) is 0.417. The number of carbonyl (C=O) groups excluding carboxylic acids is 1. The lowest BCUT2D eigenvalue weighted by Gasteiger charge is -2.14. The molecule has 1 aromatic carbocycles. The minimum atomic E-state index is -0.258. The molecule has 1 rings (SSSR count). The maximum absolute atomic E-state index is 11.7. The van der Waals surface area contributed by atoms with Crippen molar-refractivity contribution in [3.63, 3.8) is 0 Å². The molecule has 0 bridgehead atoms. The van der Waals surface area contributed by atoms with Crippen LogP contribution in [0.1, 0.15) is 19.4 Å². The lowest BCUT2D eigenvalue weighted by Crippen LogP contribution is -2.27. The molecule has 1 N–H and O–H groups in total. The standard InChI is InChI=1S/C12H17NOS/c1-8(2)11(15)12(14)13-10-6-4-9(3)5-7-10/h4-8,11,15H,1-3H3,(H,13,14). The molecule has 0 aliphatic carbocycles. The van der Waals surface area contributed by atoms with Gasteiger partial charge in [0, 0.05) is 5.69 Å². The summed E-state index contributed by atoms with van der Waals surface area (Å²) < 4.78 is 0. The summed E-state index contributed by atoms with van der Waals surface area (Å²) >= 11 is 4.26. The van der Waals surface area contributed by atoms with Crippen molar-refractivity contribution < 1.29 is 4.79 Å². The second kappa shape index (κ2) is 5.21. The summed E-state index contributed by atoms with van der Waals surface area (Å²) in [5.41, 5.74) is 2.00. The van der Waals surface area contributed by atoms with Crippen LogP contribution in [-0.4, -0.2) is 11.2 Å². The van der Waals surface area contributed by atoms with Crippen molar-refractivity contribution >= 4 is 24.2 Å². The van der Waals surface area contributed by atoms with Gasteiger partial charge in [-0.2, -0.15) is 12.6 Å². The summed E-state index contributed by atoms with van der Waals surface area (Å²) in [5.74, 6) is 0.191. The first kappa shape index (κ1) is 12.1. The first-order chi connectivity index (χ1) is 7.00. The molecule has 1 aromatic rings. The minimum absolute atomic E-state index is 0.0443. The molecular weight excluding hydrogens is 206 g/mol. The van der Waals surface area contributed by atoms with E-state index in [1.807, 2.05) is 45.0 Å². The highest BCUT2D eigenvalue weighted by Gasteiger charge is 2.17. The van der Waals surface area contributed by atoms with Crippen LogP contribution in [0.15, 0.2) is 24.3 Å². The number of carbonyl (C=O) groups is 1. The maximum Gasteiger partial charge on any atom is 0.237 e. The fourth-order valence-electron chi connectivity index (χ4n) is 1.16. The maximum atomic E-state index is 11.7. The molecule has 0 aliphatic heterocycles. The third kappa shape index (κ3) is 3.59. The highest BCUT2D eigenvalue weighted by molar-refractivity contribution is 7.81. The van der Waals surface area contributed by atoms with E-state index in [-0.39, 0.29) is 17.1 Å². The van der Waals surface area contributed by atoms with E-state index in [4.69, 9.17) is 0 Å². The molecule has 0 spiro atoms. The van der Waals surface area contributed by atoms with Crippen LogP contribution in [-0.2, 0) is 4.79 Å². The van der Waals surface area contributed by atoms with E-state index >= 15 is 0 Å². The third-order valence-electron chi connectivity index (χ3n) is 2.22. The normalized spacial score (nSPS) is 12.6. The summed E-state index contributed by atoms with van der Waals surface area (Å²) in [4.78, 5) is 11.7. The molecule has 1 amide bonds. The predicted octanol–water partition coefficient (Wildman–Crippen LogP) is 2.89. The van der Waals surface area contributed by atoms with Crippen LogP contribution in [0, 0.1) is 12.8 Å². The molecule has 0 aliphatic rings. The largest absolute Gasteiger partial charge is 0.325 e. The Bertz CT molecular complexity index is 332. The number of hydrogen-bond donors (Lipinski definition) is 2. The zero-order chi connectivity index (χ0) is 11.4. The van der Waals surface area contributed by atoms with E-state index in [1.165, 1.54) is 5.56 Å². The zero-order valence-electron chi connectivity index (χ0n) is 9.32. The number of nitrogens with one attached hydrogen (secondary N) is 1. The Morgan fingerprint density at radius 3 is 2.27 bits per heavy atom. The van der Waals surface area contributed by atoms with Gasteiger partial charge in [0.05, 0.1) is 5.25 Å². The molecule has 3 heteroatoms. The van der Waals surface area contributed by atoms with Gasteiger partial charge < -0.3 is 5.32 Å². The quantitative estimate of drug-likeness (QED) is 0.758. The molecule has 0 saturated heterocycles. The highest BCUT2D eigenvalue weighted by Crippen LogP contribution is 2.13. The monoisotopic (exact) mass is 223 g/mol. The van der Waals surface area contributed by atoms with Crippen molar-refractivity contribution in [3.05, 3.63) is 29.8 Å². The molecule has 2 nitrogen and oxygen atoms in total. The van der Waals surface area contributed by atoms with Gasteiger partial charge in [-0.15, -0.1) is 0 Å². The molecule has 0 heterocycles. The summed E-state index contributed by atoms with van der Waals surface area (Å²) in [6.07, 6.45) is 0. The Kier molecular flexibility index (Phi) is 4.21. The number of amides is 1. The van der Waals surface area contributed by atoms with E-state index in [0.717, 1.165) is 5.69 Å². The summed E-state index contributed by atoms with van der Waals surface area (Å²) in [5, 5.41) is 2.58. The molecule has 1 atom stereocenters. The Labute approximate surface area is 96.5 Å². The van der Waals surface area contributed by atoms with Gasteiger partial charge in [-0.25, -0.2) is 0 Å². The number of anilines is 1. The lowest BCUT2D eigenvalue weighted by atomic mass is 10.1. The van der Waals surface area contributed by atoms with Crippen LogP contribution in [0.25, 0.3) is 0 Å². The van der Waals surface area contributed by atoms with Gasteiger partial charge in [-0.1, -0.05) is 31.5 Å². The van der Waals surface area contributed by atoms with Gasteiger partial charge in [-0.05, 0) is 25.0 Å². The second-order valence-corrected chi connectivity index (χ2v) is 4.60. The number of rotatable bonds is 3. The average Bonchev–Trinajstić information content (AvgIpc) is 2.20. The van der Waals surface area contributed by atoms with E-state index in [9.17, 15) is 4.79 Å². The van der Waals surface area contributed by atoms with Crippen LogP contribution in [0.2, 0.25) is 0 Å². The predicted molar refractivity (Wildman–Crippen MR) is 67.4 cm³/mol. The zero-order valence-corrected chi connectivity index (χ0v) is 10.2. The lowest BCUT2D eigenvalue weighted by molar-refractivity contribution is -0.116. The van der Waals surface area contributed by atoms with Crippen LogP contribution in [0.4, 0.5) is 5.69 Å². The molecule has 0 aromatic heterocycles. The molecule has 15 heavy (non-hydrogen) atoms. The Morgan fingerprint density at radius 2 is 1.80 bits per heavy atom. The van der Waals surface area contributed by atoms with Crippen LogP contribution in [0.3, 0.4) is 0 Å². The number of thiol groups is 1. The topological polar surface area (TPSA) is 29.1 Å². The van der Waals surface area contributed by atoms with Crippen molar-refractivity contribution in [3.8, 4) is 0 Å². The Balaban J connectivity index is 2.62. The van der Waals surface area contributed by atoms with Crippen LogP contribution < -0.4 is 5.32 Å². The van der Waals surface area contributed by atoms with Gasteiger partial charge in [0.25, 0.3) is 0 Å². The minimum Gasteiger partial charge on any atom is -0.325 e. The van der Waals surface area contributed by atoms with Crippen molar-refractivity contribution in [1.82, 2.24) is 0 Å². The number of benzene rings is 1. The van der Waals surface area contributed by atoms with Gasteiger partial charge in [-0.3, -0.25) is 4.79 Å². The average molecular weight is 223 g/mol. The summed E-state index contributed by atoms with van der Waals surface area (Å²) in [7, 11) is 0. The van der Waals surface area contributed by atoms with Gasteiger partial charge in [0.2, 0.25) is 5.91 Å². The van der Waals surface area contributed by atoms with Crippen molar-refractivity contribution in [2.45, 2.75) is 26.0 Å². The molecule has 1 unspecified atom stereocenters. The molecule has 0 fully saturated rings. The SMILES string of the molecule is Cc1ccc(NC(=O)C(S)C(C)C)cc1. The van der Waals surface area contributed by atoms with Crippen molar-refractivity contribution in [2.75, 3.05) is 5.32 Å². The van der Waals surface area contributed by atoms with E-state index in [2.05, 4.69) is 17.9 Å². The first-order valence-electron chi connectivity index (χ1n) is 5.06. The van der Waals surface area contributed by atoms with Gasteiger partial charge in [0.1, 0.15) is 0 Å². The van der Waals surface area contributed by atoms with Crippen LogP contribution in [0.5, 0.6) is 0 Å². The van der Waals surface area contributed by atoms with Crippen molar-refractivity contribution in [2.24, 2.45) is 5.92 Å². The van der Waals surface area contributed by atoms with E-state index < -0.39 is 0 Å². The molecule has 0 saturated carbocycles. The Morgan fingerprint density at radius 1 is 1.27 bits per heavy atom. The second-order valence-electron chi connectivity index (χ2n) is 4.04. The van der Waals surface area contributed by atoms with Gasteiger partial charge >= 0.3 is 0 Å². The summed E-state index contributed by atoms with van der Waals surface area (Å²) in [6.45, 7) is 5.97.